The monoisotopic (exact) mass is 216 g/mol. The lowest BCUT2D eigenvalue weighted by molar-refractivity contribution is 0.583. The molecular formula is C8H13BrN2. The van der Waals surface area contributed by atoms with Crippen LogP contribution in [0.3, 0.4) is 0 Å². The van der Waals surface area contributed by atoms with E-state index in [9.17, 15) is 0 Å². The Labute approximate surface area is 75.5 Å². The van der Waals surface area contributed by atoms with Gasteiger partial charge in [-0.25, -0.2) is 0 Å². The minimum atomic E-state index is 0.163. The predicted molar refractivity (Wildman–Crippen MR) is 49.7 cm³/mol. The van der Waals surface area contributed by atoms with E-state index >= 15 is 0 Å². The number of aromatic amines is 1. The van der Waals surface area contributed by atoms with Gasteiger partial charge in [0, 0.05) is 11.3 Å². The lowest BCUT2D eigenvalue weighted by atomic mass is 9.88. The molecule has 0 aliphatic carbocycles. The average Bonchev–Trinajstić information content (AvgIpc) is 2.08. The van der Waals surface area contributed by atoms with Crippen molar-refractivity contribution >= 4 is 15.9 Å². The number of hydrogen-bond acceptors (Lipinski definition) is 1. The molecule has 2 nitrogen and oxygen atoms in total. The van der Waals surface area contributed by atoms with Gasteiger partial charge in [0.25, 0.3) is 0 Å². The summed E-state index contributed by atoms with van der Waals surface area (Å²) in [7, 11) is 0. The minimum absolute atomic E-state index is 0.163. The number of halogens is 1. The van der Waals surface area contributed by atoms with E-state index in [-0.39, 0.29) is 5.41 Å². The van der Waals surface area contributed by atoms with Crippen molar-refractivity contribution in [3.8, 4) is 0 Å². The highest BCUT2D eigenvalue weighted by atomic mass is 79.9. The van der Waals surface area contributed by atoms with Crippen molar-refractivity contribution in [1.29, 1.82) is 0 Å². The molecule has 1 N–H and O–H groups in total. The van der Waals surface area contributed by atoms with E-state index in [0.717, 1.165) is 10.3 Å². The largest absolute Gasteiger partial charge is 0.281 e. The van der Waals surface area contributed by atoms with E-state index in [4.69, 9.17) is 0 Å². The topological polar surface area (TPSA) is 28.7 Å². The molecular weight excluding hydrogens is 204 g/mol. The van der Waals surface area contributed by atoms with Gasteiger partial charge in [-0.15, -0.1) is 0 Å². The molecule has 0 unspecified atom stereocenters. The van der Waals surface area contributed by atoms with Gasteiger partial charge in [-0.05, 0) is 28.3 Å². The van der Waals surface area contributed by atoms with E-state index in [0.29, 0.717) is 0 Å². The fourth-order valence-corrected chi connectivity index (χ4v) is 2.25. The molecule has 1 aromatic rings. The van der Waals surface area contributed by atoms with Gasteiger partial charge in [0.1, 0.15) is 4.60 Å². The molecule has 0 aromatic carbocycles. The Kier molecular flexibility index (Phi) is 2.10. The molecule has 0 saturated heterocycles. The molecule has 0 bridgehead atoms. The third kappa shape index (κ3) is 1.64. The summed E-state index contributed by atoms with van der Waals surface area (Å²) in [6.45, 7) is 8.57. The van der Waals surface area contributed by atoms with Gasteiger partial charge < -0.3 is 0 Å². The fourth-order valence-electron chi connectivity index (χ4n) is 1.27. The zero-order valence-electron chi connectivity index (χ0n) is 7.33. The van der Waals surface area contributed by atoms with Crippen molar-refractivity contribution in [2.24, 2.45) is 0 Å². The molecule has 0 radical (unpaired) electrons. The van der Waals surface area contributed by atoms with Crippen LogP contribution in [-0.2, 0) is 5.41 Å². The van der Waals surface area contributed by atoms with Gasteiger partial charge in [-0.2, -0.15) is 5.10 Å². The maximum atomic E-state index is 4.07. The van der Waals surface area contributed by atoms with Crippen LogP contribution in [-0.4, -0.2) is 10.2 Å². The first-order chi connectivity index (χ1) is 4.93. The van der Waals surface area contributed by atoms with Crippen LogP contribution in [0.4, 0.5) is 0 Å². The highest BCUT2D eigenvalue weighted by Crippen LogP contribution is 2.30. The van der Waals surface area contributed by atoms with Crippen LogP contribution in [0.2, 0.25) is 0 Å². The van der Waals surface area contributed by atoms with Crippen LogP contribution < -0.4 is 0 Å². The first kappa shape index (κ1) is 8.78. The Bertz CT molecular complexity index is 238. The summed E-state index contributed by atoms with van der Waals surface area (Å²) in [6.07, 6.45) is 0. The van der Waals surface area contributed by atoms with Crippen LogP contribution in [0, 0.1) is 6.92 Å². The molecule has 3 heteroatoms. The van der Waals surface area contributed by atoms with Gasteiger partial charge in [0.2, 0.25) is 0 Å². The first-order valence-corrected chi connectivity index (χ1v) is 4.43. The zero-order valence-corrected chi connectivity index (χ0v) is 8.91. The summed E-state index contributed by atoms with van der Waals surface area (Å²) in [6, 6.07) is 0. The smallest absolute Gasteiger partial charge is 0.131 e. The van der Waals surface area contributed by atoms with Crippen molar-refractivity contribution in [1.82, 2.24) is 10.2 Å². The van der Waals surface area contributed by atoms with Crippen molar-refractivity contribution in [3.05, 3.63) is 15.9 Å². The molecule has 1 heterocycles. The Morgan fingerprint density at radius 3 is 2.09 bits per heavy atom. The number of hydrogen-bond donors (Lipinski definition) is 1. The second kappa shape index (κ2) is 2.63. The van der Waals surface area contributed by atoms with Crippen LogP contribution >= 0.6 is 15.9 Å². The molecule has 1 aromatic heterocycles. The van der Waals surface area contributed by atoms with E-state index in [2.05, 4.69) is 46.9 Å². The van der Waals surface area contributed by atoms with Gasteiger partial charge in [0.05, 0.1) is 0 Å². The maximum absolute atomic E-state index is 4.07. The molecule has 0 aliphatic rings. The summed E-state index contributed by atoms with van der Waals surface area (Å²) in [5.74, 6) is 0. The Hall–Kier alpha value is -0.310. The van der Waals surface area contributed by atoms with Gasteiger partial charge in [-0.1, -0.05) is 20.8 Å². The van der Waals surface area contributed by atoms with Crippen LogP contribution in [0.1, 0.15) is 32.0 Å². The van der Waals surface area contributed by atoms with E-state index in [1.165, 1.54) is 5.56 Å². The van der Waals surface area contributed by atoms with E-state index in [1.807, 2.05) is 6.92 Å². The Balaban J connectivity index is 3.21. The summed E-state index contributed by atoms with van der Waals surface area (Å²) in [4.78, 5) is 0. The van der Waals surface area contributed by atoms with E-state index < -0.39 is 0 Å². The summed E-state index contributed by atoms with van der Waals surface area (Å²) < 4.78 is 0.933. The molecule has 62 valence electrons. The van der Waals surface area contributed by atoms with Gasteiger partial charge in [-0.3, -0.25) is 5.10 Å². The number of nitrogens with one attached hydrogen (secondary N) is 1. The van der Waals surface area contributed by atoms with Crippen molar-refractivity contribution < 1.29 is 0 Å². The summed E-state index contributed by atoms with van der Waals surface area (Å²) in [5, 5.41) is 7.02. The lowest BCUT2D eigenvalue weighted by Gasteiger charge is -2.17. The Morgan fingerprint density at radius 2 is 1.91 bits per heavy atom. The molecule has 0 fully saturated rings. The Morgan fingerprint density at radius 1 is 1.36 bits per heavy atom. The maximum Gasteiger partial charge on any atom is 0.131 e. The first-order valence-electron chi connectivity index (χ1n) is 3.64. The number of aryl methyl sites for hydroxylation is 1. The normalized spacial score (nSPS) is 12.1. The quantitative estimate of drug-likeness (QED) is 0.711. The van der Waals surface area contributed by atoms with Crippen molar-refractivity contribution in [2.75, 3.05) is 0 Å². The third-order valence-electron chi connectivity index (χ3n) is 1.65. The van der Waals surface area contributed by atoms with Gasteiger partial charge in [0.15, 0.2) is 0 Å². The molecule has 0 spiro atoms. The highest BCUT2D eigenvalue weighted by Gasteiger charge is 2.21. The number of rotatable bonds is 0. The minimum Gasteiger partial charge on any atom is -0.281 e. The molecule has 11 heavy (non-hydrogen) atoms. The van der Waals surface area contributed by atoms with Crippen molar-refractivity contribution in [3.63, 3.8) is 0 Å². The molecule has 0 atom stereocenters. The third-order valence-corrected chi connectivity index (χ3v) is 2.23. The van der Waals surface area contributed by atoms with Crippen LogP contribution in [0.25, 0.3) is 0 Å². The molecule has 0 aliphatic heterocycles. The fraction of sp³-hybridized carbons (Fsp3) is 0.625. The molecule has 1 rings (SSSR count). The summed E-state index contributed by atoms with van der Waals surface area (Å²) in [5.41, 5.74) is 2.57. The second-order valence-electron chi connectivity index (χ2n) is 3.76. The van der Waals surface area contributed by atoms with E-state index in [1.54, 1.807) is 0 Å². The van der Waals surface area contributed by atoms with Crippen LogP contribution in [0.5, 0.6) is 0 Å². The number of H-pyrrole nitrogens is 1. The zero-order chi connectivity index (χ0) is 8.65. The summed E-state index contributed by atoms with van der Waals surface area (Å²) >= 11 is 3.41. The predicted octanol–water partition coefficient (Wildman–Crippen LogP) is 2.78. The van der Waals surface area contributed by atoms with Crippen LogP contribution in [0.15, 0.2) is 4.60 Å². The second-order valence-corrected chi connectivity index (χ2v) is 4.52. The lowest BCUT2D eigenvalue weighted by Crippen LogP contribution is -2.12. The van der Waals surface area contributed by atoms with Crippen molar-refractivity contribution in [2.45, 2.75) is 33.1 Å². The average molecular weight is 217 g/mol. The number of nitrogens with zero attached hydrogens (tertiary/aromatic N) is 1. The highest BCUT2D eigenvalue weighted by molar-refractivity contribution is 9.10. The number of aromatic nitrogens is 2. The SMILES string of the molecule is Cc1[nH]nc(Br)c1C(C)(C)C. The van der Waals surface area contributed by atoms with Gasteiger partial charge >= 0.3 is 0 Å². The molecule has 0 saturated carbocycles. The standard InChI is InChI=1S/C8H13BrN2/c1-5-6(8(2,3)4)7(9)11-10-5/h1-4H3,(H,10,11). The molecule has 0 amide bonds.